The van der Waals surface area contributed by atoms with E-state index in [-0.39, 0.29) is 24.5 Å². The number of benzene rings is 2. The van der Waals surface area contributed by atoms with Crippen molar-refractivity contribution in [3.63, 3.8) is 0 Å². The SMILES string of the molecule is CC(O)c1ccccc1NC(=O)CCC(=O)c1ccc(Cl)cc1. The number of amides is 1. The number of ketones is 1. The summed E-state index contributed by atoms with van der Waals surface area (Å²) in [5.74, 6) is -0.374. The fraction of sp³-hybridized carbons (Fsp3) is 0.222. The van der Waals surface area contributed by atoms with Gasteiger partial charge < -0.3 is 10.4 Å². The van der Waals surface area contributed by atoms with Crippen molar-refractivity contribution in [3.05, 3.63) is 64.7 Å². The molecule has 0 saturated heterocycles. The second kappa shape index (κ2) is 7.90. The Labute approximate surface area is 140 Å². The molecule has 5 heteroatoms. The molecular formula is C18H18ClNO3. The monoisotopic (exact) mass is 331 g/mol. The number of Topliss-reactive ketones (excluding diaryl/α,β-unsaturated/α-hetero) is 1. The molecular weight excluding hydrogens is 314 g/mol. The van der Waals surface area contributed by atoms with Gasteiger partial charge in [-0.3, -0.25) is 9.59 Å². The van der Waals surface area contributed by atoms with Crippen molar-refractivity contribution in [3.8, 4) is 0 Å². The van der Waals surface area contributed by atoms with Crippen LogP contribution in [0.25, 0.3) is 0 Å². The smallest absolute Gasteiger partial charge is 0.224 e. The van der Waals surface area contributed by atoms with Gasteiger partial charge in [0.25, 0.3) is 0 Å². The molecule has 2 aromatic rings. The quantitative estimate of drug-likeness (QED) is 0.786. The summed E-state index contributed by atoms with van der Waals surface area (Å²) >= 11 is 5.78. The fourth-order valence-corrected chi connectivity index (χ4v) is 2.32. The van der Waals surface area contributed by atoms with E-state index in [9.17, 15) is 14.7 Å². The van der Waals surface area contributed by atoms with Crippen molar-refractivity contribution < 1.29 is 14.7 Å². The predicted octanol–water partition coefficient (Wildman–Crippen LogP) is 3.99. The van der Waals surface area contributed by atoms with E-state index in [0.717, 1.165) is 0 Å². The van der Waals surface area contributed by atoms with Crippen molar-refractivity contribution in [1.82, 2.24) is 0 Å². The Morgan fingerprint density at radius 2 is 1.74 bits per heavy atom. The molecule has 1 amide bonds. The first-order valence-electron chi connectivity index (χ1n) is 7.33. The maximum atomic E-state index is 12.0. The number of anilines is 1. The van der Waals surface area contributed by atoms with Gasteiger partial charge in [-0.1, -0.05) is 29.8 Å². The van der Waals surface area contributed by atoms with Crippen molar-refractivity contribution in [2.24, 2.45) is 0 Å². The van der Waals surface area contributed by atoms with E-state index in [4.69, 9.17) is 11.6 Å². The number of nitrogens with one attached hydrogen (secondary N) is 1. The van der Waals surface area contributed by atoms with Gasteiger partial charge >= 0.3 is 0 Å². The van der Waals surface area contributed by atoms with E-state index in [1.165, 1.54) is 0 Å². The Kier molecular flexibility index (Phi) is 5.90. The van der Waals surface area contributed by atoms with Gasteiger partial charge in [0.05, 0.1) is 6.10 Å². The molecule has 120 valence electrons. The lowest BCUT2D eigenvalue weighted by molar-refractivity contribution is -0.116. The van der Waals surface area contributed by atoms with E-state index >= 15 is 0 Å². The molecule has 2 N–H and O–H groups in total. The number of halogens is 1. The molecule has 0 heterocycles. The third-order valence-corrected chi connectivity index (χ3v) is 3.68. The van der Waals surface area contributed by atoms with Crippen LogP contribution in [0.15, 0.2) is 48.5 Å². The van der Waals surface area contributed by atoms with Crippen LogP contribution in [0.1, 0.15) is 41.8 Å². The molecule has 0 spiro atoms. The molecule has 0 radical (unpaired) electrons. The van der Waals surface area contributed by atoms with Crippen LogP contribution in [0, 0.1) is 0 Å². The summed E-state index contributed by atoms with van der Waals surface area (Å²) < 4.78 is 0. The maximum absolute atomic E-state index is 12.0. The molecule has 2 rings (SSSR count). The lowest BCUT2D eigenvalue weighted by atomic mass is 10.1. The standard InChI is InChI=1S/C18H18ClNO3/c1-12(21)15-4-2-3-5-16(15)20-18(23)11-10-17(22)13-6-8-14(19)9-7-13/h2-9,12,21H,10-11H2,1H3,(H,20,23). The zero-order valence-electron chi connectivity index (χ0n) is 12.8. The van der Waals surface area contributed by atoms with Crippen LogP contribution in [-0.2, 0) is 4.79 Å². The zero-order valence-corrected chi connectivity index (χ0v) is 13.5. The summed E-state index contributed by atoms with van der Waals surface area (Å²) in [6.45, 7) is 1.63. The van der Waals surface area contributed by atoms with E-state index < -0.39 is 6.10 Å². The average Bonchev–Trinajstić information content (AvgIpc) is 2.53. The van der Waals surface area contributed by atoms with Crippen molar-refractivity contribution in [1.29, 1.82) is 0 Å². The number of carbonyl (C=O) groups excluding carboxylic acids is 2. The van der Waals surface area contributed by atoms with Gasteiger partial charge in [0.1, 0.15) is 0 Å². The van der Waals surface area contributed by atoms with Crippen molar-refractivity contribution in [2.45, 2.75) is 25.9 Å². The number of aliphatic hydroxyl groups excluding tert-OH is 1. The van der Waals surface area contributed by atoms with Gasteiger partial charge in [-0.15, -0.1) is 0 Å². The Hall–Kier alpha value is -2.17. The van der Waals surface area contributed by atoms with Crippen LogP contribution in [0.4, 0.5) is 5.69 Å². The number of aliphatic hydroxyl groups is 1. The van der Waals surface area contributed by atoms with E-state index in [2.05, 4.69) is 5.32 Å². The lowest BCUT2D eigenvalue weighted by Crippen LogP contribution is -2.15. The minimum atomic E-state index is -0.679. The molecule has 0 aromatic heterocycles. The first-order chi connectivity index (χ1) is 11.0. The molecule has 4 nitrogen and oxygen atoms in total. The highest BCUT2D eigenvalue weighted by molar-refractivity contribution is 6.30. The van der Waals surface area contributed by atoms with E-state index in [0.29, 0.717) is 21.8 Å². The number of hydrogen-bond acceptors (Lipinski definition) is 3. The molecule has 0 aliphatic carbocycles. The molecule has 2 aromatic carbocycles. The first-order valence-corrected chi connectivity index (χ1v) is 7.71. The second-order valence-electron chi connectivity index (χ2n) is 5.24. The molecule has 0 bridgehead atoms. The Balaban J connectivity index is 1.93. The summed E-state index contributed by atoms with van der Waals surface area (Å²) in [5, 5.41) is 13.0. The topological polar surface area (TPSA) is 66.4 Å². The third-order valence-electron chi connectivity index (χ3n) is 3.43. The molecule has 0 aliphatic heterocycles. The Morgan fingerprint density at radius 1 is 1.09 bits per heavy atom. The van der Waals surface area contributed by atoms with Crippen LogP contribution in [0.5, 0.6) is 0 Å². The van der Waals surface area contributed by atoms with Gasteiger partial charge in [0.2, 0.25) is 5.91 Å². The summed E-state index contributed by atoms with van der Waals surface area (Å²) in [6.07, 6.45) is -0.484. The maximum Gasteiger partial charge on any atom is 0.224 e. The predicted molar refractivity (Wildman–Crippen MR) is 90.7 cm³/mol. The van der Waals surface area contributed by atoms with Gasteiger partial charge in [0.15, 0.2) is 5.78 Å². The normalized spacial score (nSPS) is 11.8. The van der Waals surface area contributed by atoms with Gasteiger partial charge in [-0.2, -0.15) is 0 Å². The summed E-state index contributed by atoms with van der Waals surface area (Å²) in [6, 6.07) is 13.6. The highest BCUT2D eigenvalue weighted by atomic mass is 35.5. The van der Waals surface area contributed by atoms with E-state index in [1.807, 2.05) is 0 Å². The molecule has 0 saturated carbocycles. The summed E-state index contributed by atoms with van der Waals surface area (Å²) in [7, 11) is 0. The second-order valence-corrected chi connectivity index (χ2v) is 5.68. The minimum Gasteiger partial charge on any atom is -0.389 e. The molecule has 0 fully saturated rings. The lowest BCUT2D eigenvalue weighted by Gasteiger charge is -2.12. The molecule has 1 unspecified atom stereocenters. The Morgan fingerprint density at radius 3 is 2.39 bits per heavy atom. The van der Waals surface area contributed by atoms with E-state index in [1.54, 1.807) is 55.5 Å². The van der Waals surface area contributed by atoms with Crippen LogP contribution >= 0.6 is 11.6 Å². The van der Waals surface area contributed by atoms with Crippen LogP contribution in [0.2, 0.25) is 5.02 Å². The molecule has 0 aliphatic rings. The molecule has 1 atom stereocenters. The summed E-state index contributed by atoms with van der Waals surface area (Å²) in [4.78, 5) is 24.0. The minimum absolute atomic E-state index is 0.0790. The number of carbonyl (C=O) groups is 2. The number of rotatable bonds is 6. The van der Waals surface area contributed by atoms with Crippen LogP contribution < -0.4 is 5.32 Å². The zero-order chi connectivity index (χ0) is 16.8. The van der Waals surface area contributed by atoms with Crippen LogP contribution in [0.3, 0.4) is 0 Å². The van der Waals surface area contributed by atoms with Crippen molar-refractivity contribution in [2.75, 3.05) is 5.32 Å². The Bertz CT molecular complexity index is 696. The number of hydrogen-bond donors (Lipinski definition) is 2. The highest BCUT2D eigenvalue weighted by Gasteiger charge is 2.12. The van der Waals surface area contributed by atoms with Gasteiger partial charge in [-0.25, -0.2) is 0 Å². The highest BCUT2D eigenvalue weighted by Crippen LogP contribution is 2.22. The first kappa shape index (κ1) is 17.2. The molecule has 23 heavy (non-hydrogen) atoms. The number of para-hydroxylation sites is 1. The van der Waals surface area contributed by atoms with Gasteiger partial charge in [-0.05, 0) is 37.3 Å². The largest absolute Gasteiger partial charge is 0.389 e. The van der Waals surface area contributed by atoms with Gasteiger partial charge in [0, 0.05) is 34.7 Å². The van der Waals surface area contributed by atoms with Crippen LogP contribution in [-0.4, -0.2) is 16.8 Å². The third kappa shape index (κ3) is 4.91. The summed E-state index contributed by atoms with van der Waals surface area (Å²) in [5.41, 5.74) is 1.74. The van der Waals surface area contributed by atoms with Crippen molar-refractivity contribution >= 4 is 29.0 Å². The average molecular weight is 332 g/mol. The fourth-order valence-electron chi connectivity index (χ4n) is 2.20.